The van der Waals surface area contributed by atoms with Crippen LogP contribution in [0, 0.1) is 0 Å². The number of hydrogen-bond donors (Lipinski definition) is 1. The Hall–Kier alpha value is -1.84. The summed E-state index contributed by atoms with van der Waals surface area (Å²) in [6.07, 6.45) is 9.70. The molecule has 0 spiro atoms. The number of oxime groups is 1. The quantitative estimate of drug-likeness (QED) is 0.277. The fraction of sp³-hybridized carbons (Fsp3) is 0.579. The van der Waals surface area contributed by atoms with Crippen LogP contribution in [0.1, 0.15) is 71.0 Å². The number of aryl methyl sites for hydroxylation is 1. The van der Waals surface area contributed by atoms with Gasteiger partial charge in [-0.05, 0) is 25.0 Å². The van der Waals surface area contributed by atoms with Gasteiger partial charge in [0.25, 0.3) is 0 Å². The Morgan fingerprint density at radius 2 is 1.74 bits per heavy atom. The second-order valence-electron chi connectivity index (χ2n) is 6.10. The fourth-order valence-corrected chi connectivity index (χ4v) is 3.02. The first-order chi connectivity index (χ1) is 11.3. The van der Waals surface area contributed by atoms with Crippen molar-refractivity contribution in [3.63, 3.8) is 0 Å². The molecule has 0 fully saturated rings. The summed E-state index contributed by atoms with van der Waals surface area (Å²) in [7, 11) is 0. The van der Waals surface area contributed by atoms with Gasteiger partial charge < -0.3 is 9.77 Å². The smallest absolute Gasteiger partial charge is 0.158 e. The van der Waals surface area contributed by atoms with E-state index < -0.39 is 0 Å². The molecule has 23 heavy (non-hydrogen) atoms. The van der Waals surface area contributed by atoms with Crippen molar-refractivity contribution >= 4 is 16.7 Å². The highest BCUT2D eigenvalue weighted by molar-refractivity contribution is 5.99. The van der Waals surface area contributed by atoms with Gasteiger partial charge in [-0.1, -0.05) is 69.7 Å². The summed E-state index contributed by atoms with van der Waals surface area (Å²) in [5, 5.41) is 12.7. The van der Waals surface area contributed by atoms with Crippen LogP contribution in [-0.4, -0.2) is 20.5 Å². The Morgan fingerprint density at radius 1 is 1.04 bits per heavy atom. The molecule has 0 saturated carbocycles. The molecule has 1 heterocycles. The number of imidazole rings is 1. The van der Waals surface area contributed by atoms with E-state index in [2.05, 4.69) is 27.7 Å². The van der Waals surface area contributed by atoms with Gasteiger partial charge in [0.15, 0.2) is 5.82 Å². The molecule has 0 unspecified atom stereocenters. The lowest BCUT2D eigenvalue weighted by atomic mass is 10.1. The van der Waals surface area contributed by atoms with Gasteiger partial charge in [0.05, 0.1) is 11.0 Å². The summed E-state index contributed by atoms with van der Waals surface area (Å²) < 4.78 is 2.21. The van der Waals surface area contributed by atoms with Gasteiger partial charge in [0, 0.05) is 6.54 Å². The second-order valence-corrected chi connectivity index (χ2v) is 6.10. The summed E-state index contributed by atoms with van der Waals surface area (Å²) in [6, 6.07) is 8.15. The van der Waals surface area contributed by atoms with Crippen LogP contribution in [0.3, 0.4) is 0 Å². The first kappa shape index (κ1) is 17.5. The van der Waals surface area contributed by atoms with E-state index in [1.54, 1.807) is 0 Å². The van der Waals surface area contributed by atoms with Crippen LogP contribution in [-0.2, 0) is 6.54 Å². The fourth-order valence-electron chi connectivity index (χ4n) is 3.02. The molecule has 126 valence electrons. The predicted octanol–water partition coefficient (Wildman–Crippen LogP) is 5.38. The molecule has 1 N–H and O–H groups in total. The molecule has 1 aromatic carbocycles. The Balaban J connectivity index is 2.04. The molecule has 4 nitrogen and oxygen atoms in total. The average Bonchev–Trinajstić information content (AvgIpc) is 2.94. The lowest BCUT2D eigenvalue weighted by Crippen LogP contribution is -2.11. The Labute approximate surface area is 139 Å². The van der Waals surface area contributed by atoms with Crippen molar-refractivity contribution in [1.82, 2.24) is 9.55 Å². The summed E-state index contributed by atoms with van der Waals surface area (Å²) in [4.78, 5) is 4.67. The average molecular weight is 315 g/mol. The molecule has 4 heteroatoms. The van der Waals surface area contributed by atoms with Gasteiger partial charge in [0.2, 0.25) is 0 Å². The summed E-state index contributed by atoms with van der Waals surface area (Å²) >= 11 is 0. The molecule has 1 aromatic heterocycles. The van der Waals surface area contributed by atoms with E-state index in [1.807, 2.05) is 25.1 Å². The lowest BCUT2D eigenvalue weighted by Gasteiger charge is -2.09. The van der Waals surface area contributed by atoms with Crippen molar-refractivity contribution in [2.24, 2.45) is 5.16 Å². The predicted molar refractivity (Wildman–Crippen MR) is 96.3 cm³/mol. The second kappa shape index (κ2) is 9.33. The third kappa shape index (κ3) is 4.57. The summed E-state index contributed by atoms with van der Waals surface area (Å²) in [6.45, 7) is 5.18. The summed E-state index contributed by atoms with van der Waals surface area (Å²) in [5.74, 6) is 0.808. The van der Waals surface area contributed by atoms with E-state index in [1.165, 1.54) is 38.5 Å². The molecule has 0 aliphatic carbocycles. The molecule has 2 rings (SSSR count). The zero-order valence-electron chi connectivity index (χ0n) is 14.5. The maximum absolute atomic E-state index is 9.26. The molecule has 0 bridgehead atoms. The van der Waals surface area contributed by atoms with Crippen molar-refractivity contribution in [3.05, 3.63) is 30.1 Å². The molecular weight excluding hydrogens is 286 g/mol. The molecule has 2 aromatic rings. The molecular formula is C19H29N3O. The summed E-state index contributed by atoms with van der Waals surface area (Å²) in [5.41, 5.74) is 2.76. The van der Waals surface area contributed by atoms with E-state index in [9.17, 15) is 5.21 Å². The van der Waals surface area contributed by atoms with Gasteiger partial charge in [-0.3, -0.25) is 0 Å². The van der Waals surface area contributed by atoms with Crippen LogP contribution in [0.25, 0.3) is 11.0 Å². The van der Waals surface area contributed by atoms with Gasteiger partial charge in [-0.2, -0.15) is 0 Å². The zero-order chi connectivity index (χ0) is 16.5. The number of unbranched alkanes of at least 4 members (excludes halogenated alkanes) is 6. The highest BCUT2D eigenvalue weighted by atomic mass is 16.4. The van der Waals surface area contributed by atoms with Crippen LogP contribution in [0.2, 0.25) is 0 Å². The SMILES string of the molecule is CCCCCCCCCn1c(C(CC)=NO)nc2ccccc21. The molecule has 0 amide bonds. The number of fused-ring (bicyclic) bond motifs is 1. The van der Waals surface area contributed by atoms with Crippen LogP contribution in [0.15, 0.2) is 29.4 Å². The number of aromatic nitrogens is 2. The third-order valence-electron chi connectivity index (χ3n) is 4.35. The van der Waals surface area contributed by atoms with Crippen molar-refractivity contribution in [3.8, 4) is 0 Å². The largest absolute Gasteiger partial charge is 0.411 e. The van der Waals surface area contributed by atoms with Crippen LogP contribution in [0.5, 0.6) is 0 Å². The molecule has 0 atom stereocenters. The maximum Gasteiger partial charge on any atom is 0.158 e. The van der Waals surface area contributed by atoms with Gasteiger partial charge in [-0.15, -0.1) is 0 Å². The van der Waals surface area contributed by atoms with E-state index in [-0.39, 0.29) is 0 Å². The van der Waals surface area contributed by atoms with E-state index in [0.29, 0.717) is 12.1 Å². The van der Waals surface area contributed by atoms with Crippen molar-refractivity contribution < 1.29 is 5.21 Å². The topological polar surface area (TPSA) is 50.4 Å². The zero-order valence-corrected chi connectivity index (χ0v) is 14.5. The van der Waals surface area contributed by atoms with Crippen LogP contribution >= 0.6 is 0 Å². The molecule has 0 radical (unpaired) electrons. The Bertz CT molecular complexity index is 631. The number of para-hydroxylation sites is 2. The van der Waals surface area contributed by atoms with Crippen molar-refractivity contribution in [2.45, 2.75) is 71.8 Å². The van der Waals surface area contributed by atoms with Gasteiger partial charge >= 0.3 is 0 Å². The number of nitrogens with zero attached hydrogens (tertiary/aromatic N) is 3. The van der Waals surface area contributed by atoms with E-state index in [4.69, 9.17) is 0 Å². The van der Waals surface area contributed by atoms with E-state index >= 15 is 0 Å². The van der Waals surface area contributed by atoms with Gasteiger partial charge in [-0.25, -0.2) is 4.98 Å². The normalized spacial score (nSPS) is 12.2. The van der Waals surface area contributed by atoms with Crippen LogP contribution in [0.4, 0.5) is 0 Å². The minimum Gasteiger partial charge on any atom is -0.411 e. The lowest BCUT2D eigenvalue weighted by molar-refractivity contribution is 0.317. The third-order valence-corrected chi connectivity index (χ3v) is 4.35. The van der Waals surface area contributed by atoms with Crippen LogP contribution < -0.4 is 0 Å². The Kier molecular flexibility index (Phi) is 7.11. The first-order valence-corrected chi connectivity index (χ1v) is 8.98. The maximum atomic E-state index is 9.26. The molecule has 0 aliphatic rings. The monoisotopic (exact) mass is 315 g/mol. The van der Waals surface area contributed by atoms with Crippen molar-refractivity contribution in [2.75, 3.05) is 0 Å². The van der Waals surface area contributed by atoms with Crippen molar-refractivity contribution in [1.29, 1.82) is 0 Å². The van der Waals surface area contributed by atoms with Gasteiger partial charge in [0.1, 0.15) is 5.71 Å². The van der Waals surface area contributed by atoms with E-state index in [0.717, 1.165) is 29.8 Å². The minimum absolute atomic E-state index is 0.657. The number of benzene rings is 1. The standard InChI is InChI=1S/C19H29N3O/c1-3-5-6-7-8-9-12-15-22-18-14-11-10-13-17(18)20-19(22)16(4-2)21-23/h10-11,13-14,23H,3-9,12,15H2,1-2H3. The number of hydrogen-bond acceptors (Lipinski definition) is 3. The molecule has 0 aliphatic heterocycles. The highest BCUT2D eigenvalue weighted by Gasteiger charge is 2.14. The highest BCUT2D eigenvalue weighted by Crippen LogP contribution is 2.19. The molecule has 0 saturated heterocycles. The number of rotatable bonds is 10. The Morgan fingerprint density at radius 3 is 2.43 bits per heavy atom. The first-order valence-electron chi connectivity index (χ1n) is 8.98. The minimum atomic E-state index is 0.657.